The molecular weight excluding hydrogens is 226 g/mol. The lowest BCUT2D eigenvalue weighted by molar-refractivity contribution is 0.0731. The first-order valence-corrected chi connectivity index (χ1v) is 4.77. The Bertz CT molecular complexity index is 612. The molecular formula is C9H13N5O3. The van der Waals surface area contributed by atoms with Crippen molar-refractivity contribution in [2.45, 2.75) is 19.1 Å². The number of hydrogen-bond acceptors (Lipinski definition) is 7. The van der Waals surface area contributed by atoms with Crippen molar-refractivity contribution < 1.29 is 14.3 Å². The van der Waals surface area contributed by atoms with Gasteiger partial charge >= 0.3 is 0 Å². The molecule has 0 saturated heterocycles. The van der Waals surface area contributed by atoms with E-state index in [2.05, 4.69) is 20.3 Å². The first-order chi connectivity index (χ1) is 9.20. The van der Waals surface area contributed by atoms with Crippen LogP contribution in [-0.2, 0) is 0 Å². The number of aliphatic hydroxyl groups is 2. The summed E-state index contributed by atoms with van der Waals surface area (Å²) in [5, 5.41) is 22.0. The quantitative estimate of drug-likeness (QED) is 0.432. The summed E-state index contributed by atoms with van der Waals surface area (Å²) in [5.74, 6) is 0.0357. The van der Waals surface area contributed by atoms with E-state index >= 15 is 0 Å². The van der Waals surface area contributed by atoms with Crippen molar-refractivity contribution in [1.29, 1.82) is 0 Å². The van der Waals surface area contributed by atoms with Crippen LogP contribution in [0, 0.1) is 0 Å². The molecule has 1 aromatic rings. The fourth-order valence-electron chi connectivity index (χ4n) is 1.42. The van der Waals surface area contributed by atoms with Gasteiger partial charge in [0.2, 0.25) is 5.95 Å². The predicted octanol–water partition coefficient (Wildman–Crippen LogP) is -1.41. The lowest BCUT2D eigenvalue weighted by Crippen LogP contribution is -2.38. The summed E-state index contributed by atoms with van der Waals surface area (Å²) in [4.78, 5) is 21.5. The Morgan fingerprint density at radius 1 is 1.59 bits per heavy atom. The lowest BCUT2D eigenvalue weighted by Gasteiger charge is -2.21. The minimum atomic E-state index is -2.76. The van der Waals surface area contributed by atoms with Crippen LogP contribution in [0.4, 0.5) is 17.5 Å². The highest BCUT2D eigenvalue weighted by Gasteiger charge is 2.24. The molecule has 0 amide bonds. The number of anilines is 2. The first kappa shape index (κ1) is 8.20. The van der Waals surface area contributed by atoms with Crippen LogP contribution in [-0.4, -0.2) is 44.6 Å². The van der Waals surface area contributed by atoms with Gasteiger partial charge in [0.05, 0.1) is 18.4 Å². The summed E-state index contributed by atoms with van der Waals surface area (Å²) >= 11 is 0. The monoisotopic (exact) mass is 242 g/mol. The van der Waals surface area contributed by atoms with Gasteiger partial charge in [0.1, 0.15) is 6.10 Å². The number of aliphatic imine (C=N–C) groups is 1. The summed E-state index contributed by atoms with van der Waals surface area (Å²) in [6.45, 7) is -2.81. The van der Waals surface area contributed by atoms with Gasteiger partial charge in [-0.3, -0.25) is 9.78 Å². The SMILES string of the molecule is [2H]C([2H])([2H])[C@H](O)[C@H](O)C1=Nc2c(nc(N)[nH]c2=O)NC1. The Morgan fingerprint density at radius 3 is 3.06 bits per heavy atom. The third-order valence-electron chi connectivity index (χ3n) is 2.25. The number of nitrogens with one attached hydrogen (secondary N) is 2. The van der Waals surface area contributed by atoms with Crippen molar-refractivity contribution in [2.24, 2.45) is 4.99 Å². The molecule has 2 heterocycles. The van der Waals surface area contributed by atoms with Crippen LogP contribution >= 0.6 is 0 Å². The minimum absolute atomic E-state index is 0.0583. The molecule has 0 radical (unpaired) electrons. The van der Waals surface area contributed by atoms with Crippen LogP contribution < -0.4 is 16.6 Å². The number of nitrogens with two attached hydrogens (primary N) is 1. The molecule has 1 aliphatic rings. The smallest absolute Gasteiger partial charge is 0.280 e. The van der Waals surface area contributed by atoms with E-state index in [1.54, 1.807) is 0 Å². The molecule has 1 aliphatic heterocycles. The highest BCUT2D eigenvalue weighted by Crippen LogP contribution is 2.22. The molecule has 0 unspecified atom stereocenters. The molecule has 0 fully saturated rings. The molecule has 1 aromatic heterocycles. The molecule has 0 aromatic carbocycles. The van der Waals surface area contributed by atoms with Gasteiger partial charge in [0.15, 0.2) is 11.5 Å². The lowest BCUT2D eigenvalue weighted by atomic mass is 10.1. The second-order valence-corrected chi connectivity index (χ2v) is 3.49. The number of aromatic nitrogens is 2. The zero-order valence-corrected chi connectivity index (χ0v) is 8.64. The summed E-state index contributed by atoms with van der Waals surface area (Å²) in [6.07, 6.45) is -3.72. The normalized spacial score (nSPS) is 21.1. The van der Waals surface area contributed by atoms with Crippen LogP contribution in [0.2, 0.25) is 0 Å². The second-order valence-electron chi connectivity index (χ2n) is 3.49. The van der Waals surface area contributed by atoms with Gasteiger partial charge in [-0.1, -0.05) is 0 Å². The highest BCUT2D eigenvalue weighted by atomic mass is 16.3. The summed E-state index contributed by atoms with van der Waals surface area (Å²) < 4.78 is 21.2. The largest absolute Gasteiger partial charge is 0.390 e. The molecule has 17 heavy (non-hydrogen) atoms. The van der Waals surface area contributed by atoms with E-state index in [1.807, 2.05) is 0 Å². The standard InChI is InChI=1S/C9H13N5O3/c1-3(15)6(16)4-2-11-7-5(12-4)8(17)14-9(10)13-7/h3,6,15-16H,2H2,1H3,(H4,10,11,13,14,17)/t3-,6-/m0/s1/i1D3. The van der Waals surface area contributed by atoms with E-state index in [-0.39, 0.29) is 29.7 Å². The maximum atomic E-state index is 11.6. The third-order valence-corrected chi connectivity index (χ3v) is 2.25. The number of aromatic amines is 1. The van der Waals surface area contributed by atoms with Crippen LogP contribution in [0.5, 0.6) is 0 Å². The number of rotatable bonds is 2. The van der Waals surface area contributed by atoms with E-state index in [9.17, 15) is 15.0 Å². The number of H-pyrrole nitrogens is 1. The number of fused-ring (bicyclic) bond motifs is 1. The predicted molar refractivity (Wildman–Crippen MR) is 62.5 cm³/mol. The molecule has 0 aliphatic carbocycles. The van der Waals surface area contributed by atoms with Gasteiger partial charge in [-0.2, -0.15) is 4.98 Å². The van der Waals surface area contributed by atoms with Gasteiger partial charge < -0.3 is 21.3 Å². The van der Waals surface area contributed by atoms with Crippen LogP contribution in [0.15, 0.2) is 9.79 Å². The van der Waals surface area contributed by atoms with Crippen molar-refractivity contribution in [3.8, 4) is 0 Å². The minimum Gasteiger partial charge on any atom is -0.390 e. The molecule has 8 nitrogen and oxygen atoms in total. The molecule has 2 rings (SSSR count). The Kier molecular flexibility index (Phi) is 2.00. The second kappa shape index (κ2) is 4.15. The van der Waals surface area contributed by atoms with Crippen molar-refractivity contribution >= 4 is 23.2 Å². The van der Waals surface area contributed by atoms with Gasteiger partial charge in [0, 0.05) is 4.11 Å². The first-order valence-electron chi connectivity index (χ1n) is 6.27. The molecule has 8 heteroatoms. The van der Waals surface area contributed by atoms with Crippen LogP contribution in [0.1, 0.15) is 11.0 Å². The fraction of sp³-hybridized carbons (Fsp3) is 0.444. The van der Waals surface area contributed by atoms with Crippen molar-refractivity contribution in [3.63, 3.8) is 0 Å². The van der Waals surface area contributed by atoms with Crippen molar-refractivity contribution in [2.75, 3.05) is 17.6 Å². The zero-order chi connectivity index (χ0) is 15.1. The maximum absolute atomic E-state index is 11.6. The average Bonchev–Trinajstić information content (AvgIpc) is 2.35. The number of hydrogen-bond donors (Lipinski definition) is 5. The van der Waals surface area contributed by atoms with Gasteiger partial charge in [-0.15, -0.1) is 0 Å². The number of nitrogen functional groups attached to an aromatic ring is 1. The Hall–Kier alpha value is -1.93. The molecule has 0 spiro atoms. The van der Waals surface area contributed by atoms with Gasteiger partial charge in [0.25, 0.3) is 5.56 Å². The van der Waals surface area contributed by atoms with E-state index in [0.717, 1.165) is 0 Å². The fourth-order valence-corrected chi connectivity index (χ4v) is 1.42. The molecule has 6 N–H and O–H groups in total. The molecule has 0 saturated carbocycles. The average molecular weight is 242 g/mol. The maximum Gasteiger partial charge on any atom is 0.280 e. The Balaban J connectivity index is 2.37. The van der Waals surface area contributed by atoms with E-state index in [4.69, 9.17) is 9.85 Å². The van der Waals surface area contributed by atoms with Crippen molar-refractivity contribution in [1.82, 2.24) is 9.97 Å². The van der Waals surface area contributed by atoms with E-state index in [1.165, 1.54) is 0 Å². The van der Waals surface area contributed by atoms with Gasteiger partial charge in [-0.05, 0) is 6.85 Å². The number of aliphatic hydroxyl groups excluding tert-OH is 2. The van der Waals surface area contributed by atoms with Crippen molar-refractivity contribution in [3.05, 3.63) is 10.4 Å². The molecule has 2 atom stereocenters. The highest BCUT2D eigenvalue weighted by molar-refractivity contribution is 5.97. The van der Waals surface area contributed by atoms with Gasteiger partial charge in [-0.25, -0.2) is 4.99 Å². The van der Waals surface area contributed by atoms with Crippen LogP contribution in [0.3, 0.4) is 0 Å². The van der Waals surface area contributed by atoms with E-state index < -0.39 is 24.6 Å². The summed E-state index contributed by atoms with van der Waals surface area (Å²) in [7, 11) is 0. The number of nitrogens with zero attached hydrogens (tertiary/aromatic N) is 2. The molecule has 92 valence electrons. The molecule has 0 bridgehead atoms. The Labute approximate surface area is 100 Å². The van der Waals surface area contributed by atoms with E-state index in [0.29, 0.717) is 0 Å². The van der Waals surface area contributed by atoms with Crippen LogP contribution in [0.25, 0.3) is 0 Å². The summed E-state index contributed by atoms with van der Waals surface area (Å²) in [5.41, 5.74) is 4.53. The third kappa shape index (κ3) is 2.12. The summed E-state index contributed by atoms with van der Waals surface area (Å²) in [6, 6.07) is 0. The zero-order valence-electron chi connectivity index (χ0n) is 11.6. The Morgan fingerprint density at radius 2 is 2.35 bits per heavy atom. The topological polar surface area (TPSA) is 137 Å².